The molecule has 1 aliphatic heterocycles. The summed E-state index contributed by atoms with van der Waals surface area (Å²) >= 11 is 0. The minimum absolute atomic E-state index is 0.233. The molecule has 2 aromatic heterocycles. The third-order valence-electron chi connectivity index (χ3n) is 8.33. The summed E-state index contributed by atoms with van der Waals surface area (Å²) < 4.78 is 8.24. The average molecular weight is 588 g/mol. The van der Waals surface area contributed by atoms with E-state index in [0.29, 0.717) is 31.1 Å². The molecule has 1 fully saturated rings. The van der Waals surface area contributed by atoms with E-state index >= 15 is 0 Å². The van der Waals surface area contributed by atoms with Crippen LogP contribution >= 0.6 is 0 Å². The van der Waals surface area contributed by atoms with Crippen molar-refractivity contribution in [3.8, 4) is 28.4 Å². The van der Waals surface area contributed by atoms with Crippen LogP contribution in [0.2, 0.25) is 25.7 Å². The smallest absolute Gasteiger partial charge is 0.408 e. The van der Waals surface area contributed by atoms with Gasteiger partial charge in [0.1, 0.15) is 29.5 Å². The normalized spacial score (nSPS) is 17.7. The van der Waals surface area contributed by atoms with Crippen molar-refractivity contribution in [2.24, 2.45) is 5.41 Å². The fraction of sp³-hybridized carbons (Fsp3) is 0.438. The van der Waals surface area contributed by atoms with Gasteiger partial charge in [-0.15, -0.1) is 0 Å². The van der Waals surface area contributed by atoms with Gasteiger partial charge in [0.25, 0.3) is 0 Å². The highest BCUT2D eigenvalue weighted by Crippen LogP contribution is 2.51. The van der Waals surface area contributed by atoms with E-state index in [0.717, 1.165) is 40.2 Å². The third kappa shape index (κ3) is 5.65. The number of nitrogens with zero attached hydrogens (tertiary/aromatic N) is 5. The minimum atomic E-state index is -1.30. The number of hydrogen-bond acceptors (Lipinski definition) is 6. The molecule has 0 unspecified atom stereocenters. The Hall–Kier alpha value is -3.76. The topological polar surface area (TPSA) is 114 Å². The Labute approximate surface area is 248 Å². The molecule has 1 amide bonds. The molecule has 9 nitrogen and oxygen atoms in total. The number of rotatable bonds is 8. The Balaban J connectivity index is 1.54. The van der Waals surface area contributed by atoms with Crippen molar-refractivity contribution in [1.82, 2.24) is 24.4 Å². The van der Waals surface area contributed by atoms with Gasteiger partial charge in [-0.1, -0.05) is 58.6 Å². The maximum absolute atomic E-state index is 12.5. The van der Waals surface area contributed by atoms with Crippen molar-refractivity contribution < 1.29 is 19.7 Å². The van der Waals surface area contributed by atoms with Crippen LogP contribution in [0.25, 0.3) is 33.4 Å². The van der Waals surface area contributed by atoms with Gasteiger partial charge in [0.2, 0.25) is 0 Å². The van der Waals surface area contributed by atoms with E-state index in [1.165, 1.54) is 0 Å². The Morgan fingerprint density at radius 1 is 1.00 bits per heavy atom. The molecule has 42 heavy (non-hydrogen) atoms. The van der Waals surface area contributed by atoms with E-state index in [9.17, 15) is 15.0 Å². The summed E-state index contributed by atoms with van der Waals surface area (Å²) in [6.45, 7) is 14.5. The van der Waals surface area contributed by atoms with Crippen LogP contribution in [0.1, 0.15) is 39.4 Å². The van der Waals surface area contributed by atoms with Crippen LogP contribution in [0.3, 0.4) is 0 Å². The predicted molar refractivity (Wildman–Crippen MR) is 167 cm³/mol. The maximum Gasteiger partial charge on any atom is 0.408 e. The second-order valence-corrected chi connectivity index (χ2v) is 19.0. The highest BCUT2D eigenvalue weighted by atomic mass is 28.3. The Bertz CT molecular complexity index is 1590. The summed E-state index contributed by atoms with van der Waals surface area (Å²) in [6, 6.07) is 12.3. The van der Waals surface area contributed by atoms with Gasteiger partial charge in [-0.3, -0.25) is 14.9 Å². The van der Waals surface area contributed by atoms with Crippen LogP contribution in [0.4, 0.5) is 4.79 Å². The minimum Gasteiger partial charge on any atom is -0.508 e. The molecule has 4 aromatic rings. The number of carboxylic acid groups (broad SMARTS) is 1. The van der Waals surface area contributed by atoms with Gasteiger partial charge in [-0.25, -0.2) is 9.78 Å². The van der Waals surface area contributed by atoms with Gasteiger partial charge in [-0.2, -0.15) is 0 Å². The zero-order chi connectivity index (χ0) is 30.3. The van der Waals surface area contributed by atoms with Crippen molar-refractivity contribution in [2.45, 2.75) is 71.6 Å². The monoisotopic (exact) mass is 587 g/mol. The van der Waals surface area contributed by atoms with Crippen molar-refractivity contribution in [3.05, 3.63) is 60.8 Å². The van der Waals surface area contributed by atoms with E-state index < -0.39 is 25.1 Å². The van der Waals surface area contributed by atoms with E-state index in [4.69, 9.17) is 19.7 Å². The van der Waals surface area contributed by atoms with Gasteiger partial charge in [-0.05, 0) is 53.3 Å². The van der Waals surface area contributed by atoms with Gasteiger partial charge in [0, 0.05) is 26.8 Å². The molecule has 1 saturated heterocycles. The predicted octanol–water partition coefficient (Wildman–Crippen LogP) is 7.19. The third-order valence-corrected chi connectivity index (χ3v) is 10.0. The number of carbonyl (C=O) groups is 1. The molecule has 1 aliphatic rings. The summed E-state index contributed by atoms with van der Waals surface area (Å²) in [5.41, 5.74) is 1.80. The zero-order valence-electron chi connectivity index (χ0n) is 25.4. The summed E-state index contributed by atoms with van der Waals surface area (Å²) in [4.78, 5) is 28.5. The first kappa shape index (κ1) is 29.7. The van der Waals surface area contributed by atoms with E-state index in [-0.39, 0.29) is 12.5 Å². The largest absolute Gasteiger partial charge is 0.508 e. The number of aromatic hydroxyl groups is 1. The summed E-state index contributed by atoms with van der Waals surface area (Å²) in [7, 11) is -1.30. The highest BCUT2D eigenvalue weighted by Gasteiger charge is 2.56. The Morgan fingerprint density at radius 2 is 1.69 bits per heavy atom. The lowest BCUT2D eigenvalue weighted by Gasteiger charge is -2.46. The number of ether oxygens (including phenoxy) is 1. The van der Waals surface area contributed by atoms with Crippen molar-refractivity contribution in [2.75, 3.05) is 13.2 Å². The van der Waals surface area contributed by atoms with E-state index in [1.54, 1.807) is 35.6 Å². The number of imidazole rings is 1. The lowest BCUT2D eigenvalue weighted by molar-refractivity contribution is 0.00956. The number of fused-ring (bicyclic) bond motifs is 1. The number of benzene rings is 2. The number of likely N-dealkylation sites (tertiary alicyclic amines) is 1. The van der Waals surface area contributed by atoms with Crippen LogP contribution in [-0.4, -0.2) is 62.0 Å². The van der Waals surface area contributed by atoms with Crippen molar-refractivity contribution in [3.63, 3.8) is 0 Å². The lowest BCUT2D eigenvalue weighted by Crippen LogP contribution is -2.54. The number of aromatic nitrogens is 4. The highest BCUT2D eigenvalue weighted by molar-refractivity contribution is 6.76. The van der Waals surface area contributed by atoms with Crippen LogP contribution in [-0.2, 0) is 17.0 Å². The maximum atomic E-state index is 12.5. The summed E-state index contributed by atoms with van der Waals surface area (Å²) in [5.74, 6) is 0.915. The van der Waals surface area contributed by atoms with Crippen molar-refractivity contribution >= 4 is 24.9 Å². The van der Waals surface area contributed by atoms with Crippen molar-refractivity contribution in [1.29, 1.82) is 0 Å². The number of phenols is 1. The van der Waals surface area contributed by atoms with Crippen LogP contribution < -0.4 is 0 Å². The molecule has 0 radical (unpaired) electrons. The molecule has 0 spiro atoms. The Kier molecular flexibility index (Phi) is 7.89. The van der Waals surface area contributed by atoms with Crippen LogP contribution in [0.15, 0.2) is 55.0 Å². The molecule has 1 atom stereocenters. The van der Waals surface area contributed by atoms with E-state index in [2.05, 4.69) is 40.4 Å². The SMILES string of the molecule is CC(C)(C)[C@]1(c2ncc(-c3cnc(-c4ccc5cc(O)ccc5c4)cn3)n2COCC[Si](C)(C)C)CCCN1C(=O)O. The lowest BCUT2D eigenvalue weighted by atomic mass is 9.71. The van der Waals surface area contributed by atoms with Gasteiger partial charge >= 0.3 is 6.09 Å². The molecular weight excluding hydrogens is 546 g/mol. The summed E-state index contributed by atoms with van der Waals surface area (Å²) in [6.07, 6.45) is 5.77. The second kappa shape index (κ2) is 11.1. The van der Waals surface area contributed by atoms with Gasteiger partial charge in [0.05, 0.1) is 30.0 Å². The molecule has 0 saturated carbocycles. The number of hydrogen-bond donors (Lipinski definition) is 2. The van der Waals surface area contributed by atoms with Gasteiger partial charge < -0.3 is 19.5 Å². The molecule has 5 rings (SSSR count). The first-order valence-electron chi connectivity index (χ1n) is 14.5. The molecule has 3 heterocycles. The van der Waals surface area contributed by atoms with E-state index in [1.807, 2.05) is 28.8 Å². The fourth-order valence-corrected chi connectivity index (χ4v) is 6.76. The van der Waals surface area contributed by atoms with Crippen LogP contribution in [0, 0.1) is 5.41 Å². The quantitative estimate of drug-likeness (QED) is 0.166. The standard InChI is InChI=1S/C32H41N5O4Si/c1-31(2,3)32(12-7-13-37(32)30(39)40)29-35-20-28(36(29)21-41-14-15-42(4,5)6)27-19-33-26(18-34-27)24-9-8-23-17-25(38)11-10-22(23)16-24/h8-11,16-20,38H,7,12-15,21H2,1-6H3,(H,39,40)/t32-/m1/s1. The zero-order valence-corrected chi connectivity index (χ0v) is 26.4. The molecule has 222 valence electrons. The molecule has 0 bridgehead atoms. The van der Waals surface area contributed by atoms with Crippen LogP contribution in [0.5, 0.6) is 5.75 Å². The first-order valence-corrected chi connectivity index (χ1v) is 18.2. The number of phenolic OH excluding ortho intramolecular Hbond substituents is 1. The molecule has 2 aromatic carbocycles. The molecule has 10 heteroatoms. The Morgan fingerprint density at radius 3 is 2.36 bits per heavy atom. The first-order chi connectivity index (χ1) is 19.8. The molecule has 0 aliphatic carbocycles. The fourth-order valence-electron chi connectivity index (χ4n) is 6.00. The number of amides is 1. The molecule has 2 N–H and O–H groups in total. The molecular formula is C32H41N5O4Si. The second-order valence-electron chi connectivity index (χ2n) is 13.4. The summed E-state index contributed by atoms with van der Waals surface area (Å²) in [5, 5.41) is 22.0. The van der Waals surface area contributed by atoms with Gasteiger partial charge in [0.15, 0.2) is 0 Å². The average Bonchev–Trinajstić information content (AvgIpc) is 3.56.